The Hall–Kier alpha value is -3.78. The normalized spacial score (nSPS) is 14.3. The van der Waals surface area contributed by atoms with Crippen LogP contribution in [0.3, 0.4) is 0 Å². The van der Waals surface area contributed by atoms with Crippen LogP contribution in [0, 0.1) is 13.8 Å². The fourth-order valence-corrected chi connectivity index (χ4v) is 6.09. The Morgan fingerprint density at radius 1 is 0.606 bits per heavy atom. The van der Waals surface area contributed by atoms with Crippen LogP contribution < -0.4 is 0 Å². The number of pyridine rings is 2. The minimum absolute atomic E-state index is 0.00955. The summed E-state index contributed by atoms with van der Waals surface area (Å²) < 4.78 is 0. The molecule has 0 aliphatic heterocycles. The molecule has 0 fully saturated rings. The highest BCUT2D eigenvalue weighted by Crippen LogP contribution is 2.52. The van der Waals surface area contributed by atoms with Crippen LogP contribution in [0.1, 0.15) is 36.4 Å². The molecule has 2 heteroatoms. The van der Waals surface area contributed by atoms with Crippen molar-refractivity contribution in [3.63, 3.8) is 0 Å². The summed E-state index contributed by atoms with van der Waals surface area (Å²) in [7, 11) is 0. The maximum absolute atomic E-state index is 5.07. The number of rotatable bonds is 1. The van der Waals surface area contributed by atoms with Crippen molar-refractivity contribution >= 4 is 32.6 Å². The summed E-state index contributed by atoms with van der Waals surface area (Å²) in [6, 6.07) is 26.6. The van der Waals surface area contributed by atoms with Crippen molar-refractivity contribution in [2.45, 2.75) is 33.1 Å². The summed E-state index contributed by atoms with van der Waals surface area (Å²) in [5.74, 6) is 0. The molecule has 7 rings (SSSR count). The van der Waals surface area contributed by atoms with E-state index >= 15 is 0 Å². The van der Waals surface area contributed by atoms with Gasteiger partial charge in [-0.15, -0.1) is 0 Å². The van der Waals surface area contributed by atoms with Crippen LogP contribution in [-0.2, 0) is 5.41 Å². The molecule has 0 atom stereocenters. The molecule has 1 aliphatic carbocycles. The second-order valence-corrected chi connectivity index (χ2v) is 9.91. The van der Waals surface area contributed by atoms with Gasteiger partial charge in [-0.05, 0) is 65.4 Å². The number of aryl methyl sites for hydroxylation is 2. The monoisotopic (exact) mass is 424 g/mol. The molecule has 0 saturated carbocycles. The zero-order chi connectivity index (χ0) is 22.5. The van der Waals surface area contributed by atoms with Crippen molar-refractivity contribution in [2.24, 2.45) is 0 Å². The average Bonchev–Trinajstić information content (AvgIpc) is 3.06. The molecule has 0 amide bonds. The van der Waals surface area contributed by atoms with Gasteiger partial charge in [-0.25, -0.2) is 0 Å². The van der Waals surface area contributed by atoms with Gasteiger partial charge in [0.1, 0.15) is 0 Å². The minimum atomic E-state index is -0.00955. The van der Waals surface area contributed by atoms with Gasteiger partial charge < -0.3 is 0 Å². The molecule has 1 aliphatic rings. The van der Waals surface area contributed by atoms with Gasteiger partial charge in [-0.2, -0.15) is 0 Å². The fraction of sp³-hybridized carbons (Fsp3) is 0.161. The molecule has 0 bridgehead atoms. The molecule has 6 aromatic rings. The van der Waals surface area contributed by atoms with E-state index < -0.39 is 0 Å². The summed E-state index contributed by atoms with van der Waals surface area (Å²) in [5.41, 5.74) is 12.2. The lowest BCUT2D eigenvalue weighted by Gasteiger charge is -2.21. The first-order valence-electron chi connectivity index (χ1n) is 11.6. The van der Waals surface area contributed by atoms with E-state index in [1.165, 1.54) is 54.9 Å². The third-order valence-electron chi connectivity index (χ3n) is 7.68. The lowest BCUT2D eigenvalue weighted by molar-refractivity contribution is 0.660. The van der Waals surface area contributed by atoms with E-state index in [2.05, 4.69) is 100 Å². The lowest BCUT2D eigenvalue weighted by atomic mass is 9.82. The molecule has 0 N–H and O–H groups in total. The fourth-order valence-electron chi connectivity index (χ4n) is 6.09. The molecule has 33 heavy (non-hydrogen) atoms. The van der Waals surface area contributed by atoms with Crippen LogP contribution in [-0.4, -0.2) is 9.97 Å². The third-order valence-corrected chi connectivity index (χ3v) is 7.68. The SMILES string of the molecule is Cc1nc2cc(-c3cccc4c3-c3ccccc3C4(C)C)cc3c(C)nc4cccc1c4c23. The van der Waals surface area contributed by atoms with E-state index in [1.54, 1.807) is 0 Å². The average molecular weight is 425 g/mol. The van der Waals surface area contributed by atoms with Gasteiger partial charge in [0.15, 0.2) is 0 Å². The Balaban J connectivity index is 1.61. The summed E-state index contributed by atoms with van der Waals surface area (Å²) in [6.07, 6.45) is 0. The Bertz CT molecular complexity index is 1760. The molecule has 0 saturated heterocycles. The van der Waals surface area contributed by atoms with Gasteiger partial charge in [-0.3, -0.25) is 9.97 Å². The Morgan fingerprint density at radius 3 is 2.15 bits per heavy atom. The van der Waals surface area contributed by atoms with Crippen LogP contribution in [0.4, 0.5) is 0 Å². The first-order chi connectivity index (χ1) is 15.9. The van der Waals surface area contributed by atoms with Gasteiger partial charge >= 0.3 is 0 Å². The van der Waals surface area contributed by atoms with Crippen LogP contribution in [0.15, 0.2) is 72.8 Å². The molecule has 0 radical (unpaired) electrons. The predicted octanol–water partition coefficient (Wildman–Crippen LogP) is 7.96. The van der Waals surface area contributed by atoms with E-state index in [0.29, 0.717) is 0 Å². The molecular weight excluding hydrogens is 400 g/mol. The lowest BCUT2D eigenvalue weighted by Crippen LogP contribution is -2.14. The largest absolute Gasteiger partial charge is 0.252 e. The number of nitrogens with zero attached hydrogens (tertiary/aromatic N) is 2. The quantitative estimate of drug-likeness (QED) is 0.250. The van der Waals surface area contributed by atoms with Crippen LogP contribution in [0.25, 0.3) is 54.8 Å². The summed E-state index contributed by atoms with van der Waals surface area (Å²) in [4.78, 5) is 10.1. The van der Waals surface area contributed by atoms with Gasteiger partial charge in [0.05, 0.1) is 11.0 Å². The topological polar surface area (TPSA) is 25.8 Å². The number of hydrogen-bond donors (Lipinski definition) is 0. The molecule has 158 valence electrons. The number of benzene rings is 4. The molecule has 0 spiro atoms. The molecule has 4 aromatic carbocycles. The van der Waals surface area contributed by atoms with E-state index in [4.69, 9.17) is 9.97 Å². The maximum atomic E-state index is 5.07. The Labute approximate surface area is 193 Å². The first-order valence-corrected chi connectivity index (χ1v) is 11.6. The molecule has 0 unspecified atom stereocenters. The van der Waals surface area contributed by atoms with Crippen molar-refractivity contribution in [3.8, 4) is 22.3 Å². The van der Waals surface area contributed by atoms with Crippen molar-refractivity contribution in [1.29, 1.82) is 0 Å². The van der Waals surface area contributed by atoms with Crippen molar-refractivity contribution in [2.75, 3.05) is 0 Å². The highest BCUT2D eigenvalue weighted by Gasteiger charge is 2.36. The van der Waals surface area contributed by atoms with Gasteiger partial charge in [0.2, 0.25) is 0 Å². The molecular formula is C31H24N2. The maximum Gasteiger partial charge on any atom is 0.0725 e. The molecule has 2 heterocycles. The minimum Gasteiger partial charge on any atom is -0.252 e. The second kappa shape index (κ2) is 6.17. The van der Waals surface area contributed by atoms with Gasteiger partial charge in [0, 0.05) is 38.3 Å². The highest BCUT2D eigenvalue weighted by molar-refractivity contribution is 6.22. The van der Waals surface area contributed by atoms with Gasteiger partial charge in [-0.1, -0.05) is 68.4 Å². The predicted molar refractivity (Wildman–Crippen MR) is 138 cm³/mol. The van der Waals surface area contributed by atoms with Crippen LogP contribution in [0.2, 0.25) is 0 Å². The zero-order valence-electron chi connectivity index (χ0n) is 19.3. The zero-order valence-corrected chi connectivity index (χ0v) is 19.3. The number of aromatic nitrogens is 2. The molecule has 2 aromatic heterocycles. The van der Waals surface area contributed by atoms with E-state index in [9.17, 15) is 0 Å². The van der Waals surface area contributed by atoms with Gasteiger partial charge in [0.25, 0.3) is 0 Å². The molecule has 2 nitrogen and oxygen atoms in total. The van der Waals surface area contributed by atoms with Crippen LogP contribution in [0.5, 0.6) is 0 Å². The van der Waals surface area contributed by atoms with Crippen LogP contribution >= 0.6 is 0 Å². The Kier molecular flexibility index (Phi) is 3.51. The summed E-state index contributed by atoms with van der Waals surface area (Å²) >= 11 is 0. The van der Waals surface area contributed by atoms with E-state index in [1.807, 2.05) is 0 Å². The second-order valence-electron chi connectivity index (χ2n) is 9.91. The Morgan fingerprint density at radius 2 is 1.27 bits per heavy atom. The number of hydrogen-bond acceptors (Lipinski definition) is 2. The number of fused-ring (bicyclic) bond motifs is 3. The summed E-state index contributed by atoms with van der Waals surface area (Å²) in [6.45, 7) is 8.89. The van der Waals surface area contributed by atoms with Crippen molar-refractivity contribution < 1.29 is 0 Å². The van der Waals surface area contributed by atoms with Crippen molar-refractivity contribution in [3.05, 3.63) is 95.3 Å². The van der Waals surface area contributed by atoms with E-state index in [-0.39, 0.29) is 5.41 Å². The smallest absolute Gasteiger partial charge is 0.0725 e. The van der Waals surface area contributed by atoms with Crippen molar-refractivity contribution in [1.82, 2.24) is 9.97 Å². The summed E-state index contributed by atoms with van der Waals surface area (Å²) in [5, 5.41) is 4.86. The standard InChI is InChI=1S/C31H24N2/c1-17-20-10-8-14-26-29(20)30-23(18(2)32-26)15-19(16-27(30)33-17)21-11-7-13-25-28(21)22-9-5-6-12-24(22)31(25,3)4/h5-16H,1-4H3. The third kappa shape index (κ3) is 2.33. The highest BCUT2D eigenvalue weighted by atomic mass is 14.7. The first kappa shape index (κ1) is 18.8. The van der Waals surface area contributed by atoms with E-state index in [0.717, 1.165) is 22.4 Å².